The molecule has 3 rings (SSSR count). The van der Waals surface area contributed by atoms with Crippen molar-refractivity contribution in [1.82, 2.24) is 4.98 Å². The van der Waals surface area contributed by atoms with Gasteiger partial charge in [-0.15, -0.1) is 0 Å². The van der Waals surface area contributed by atoms with Crippen LogP contribution >= 0.6 is 0 Å². The van der Waals surface area contributed by atoms with Crippen LogP contribution in [-0.4, -0.2) is 12.1 Å². The Balaban J connectivity index is 2.02. The largest absolute Gasteiger partial charge is 0.497 e. The Kier molecular flexibility index (Phi) is 3.04. The van der Waals surface area contributed by atoms with Gasteiger partial charge in [0.05, 0.1) is 18.7 Å². The molecule has 5 nitrogen and oxygen atoms in total. The first-order chi connectivity index (χ1) is 9.67. The highest BCUT2D eigenvalue weighted by atomic mass is 16.5. The summed E-state index contributed by atoms with van der Waals surface area (Å²) < 4.78 is 10.2. The van der Waals surface area contributed by atoms with Crippen LogP contribution in [0.5, 0.6) is 5.75 Å². The SMILES string of the molecule is COc1cccc(C(N)c2ccc3[nH]c(=O)oc3c2)c1. The molecule has 0 aliphatic heterocycles. The minimum Gasteiger partial charge on any atom is -0.497 e. The molecule has 0 radical (unpaired) electrons. The number of hydrogen-bond donors (Lipinski definition) is 2. The van der Waals surface area contributed by atoms with Gasteiger partial charge in [-0.1, -0.05) is 18.2 Å². The highest BCUT2D eigenvalue weighted by molar-refractivity contribution is 5.73. The molecule has 3 aromatic rings. The second-order valence-corrected chi connectivity index (χ2v) is 4.52. The van der Waals surface area contributed by atoms with Crippen molar-refractivity contribution < 1.29 is 9.15 Å². The molecule has 1 heterocycles. The highest BCUT2D eigenvalue weighted by Crippen LogP contribution is 2.25. The van der Waals surface area contributed by atoms with Crippen LogP contribution in [0.1, 0.15) is 17.2 Å². The van der Waals surface area contributed by atoms with Crippen LogP contribution < -0.4 is 16.2 Å². The van der Waals surface area contributed by atoms with Gasteiger partial charge in [0.15, 0.2) is 5.58 Å². The maximum Gasteiger partial charge on any atom is 0.417 e. The molecule has 0 bridgehead atoms. The average Bonchev–Trinajstić information content (AvgIpc) is 2.85. The summed E-state index contributed by atoms with van der Waals surface area (Å²) in [7, 11) is 1.62. The van der Waals surface area contributed by atoms with Gasteiger partial charge >= 0.3 is 5.76 Å². The number of fused-ring (bicyclic) bond motifs is 1. The van der Waals surface area contributed by atoms with E-state index >= 15 is 0 Å². The van der Waals surface area contributed by atoms with Crippen molar-refractivity contribution in [3.05, 3.63) is 64.1 Å². The van der Waals surface area contributed by atoms with E-state index in [0.29, 0.717) is 11.1 Å². The molecule has 3 N–H and O–H groups in total. The monoisotopic (exact) mass is 270 g/mol. The molecule has 1 atom stereocenters. The van der Waals surface area contributed by atoms with Crippen molar-refractivity contribution in [3.8, 4) is 5.75 Å². The smallest absolute Gasteiger partial charge is 0.417 e. The van der Waals surface area contributed by atoms with Crippen LogP contribution in [-0.2, 0) is 0 Å². The lowest BCUT2D eigenvalue weighted by molar-refractivity contribution is 0.414. The molecule has 0 aliphatic rings. The van der Waals surface area contributed by atoms with Crippen LogP contribution in [0, 0.1) is 0 Å². The van der Waals surface area contributed by atoms with Crippen molar-refractivity contribution in [2.24, 2.45) is 5.73 Å². The Morgan fingerprint density at radius 2 is 2.00 bits per heavy atom. The zero-order valence-corrected chi connectivity index (χ0v) is 10.9. The first-order valence-corrected chi connectivity index (χ1v) is 6.19. The molecule has 0 fully saturated rings. The number of H-pyrrole nitrogens is 1. The summed E-state index contributed by atoms with van der Waals surface area (Å²) in [5.74, 6) is 0.291. The van der Waals surface area contributed by atoms with Crippen molar-refractivity contribution in [1.29, 1.82) is 0 Å². The Bertz CT molecular complexity index is 804. The van der Waals surface area contributed by atoms with Gasteiger partial charge in [0.2, 0.25) is 0 Å². The number of methoxy groups -OCH3 is 1. The normalized spacial score (nSPS) is 12.5. The lowest BCUT2D eigenvalue weighted by Crippen LogP contribution is -2.11. The van der Waals surface area contributed by atoms with E-state index in [1.165, 1.54) is 0 Å². The molecular weight excluding hydrogens is 256 g/mol. The lowest BCUT2D eigenvalue weighted by atomic mass is 9.99. The number of rotatable bonds is 3. The minimum absolute atomic E-state index is 0.310. The van der Waals surface area contributed by atoms with Crippen molar-refractivity contribution in [3.63, 3.8) is 0 Å². The van der Waals surface area contributed by atoms with Gasteiger partial charge in [0.1, 0.15) is 5.75 Å². The minimum atomic E-state index is -0.466. The molecule has 20 heavy (non-hydrogen) atoms. The second-order valence-electron chi connectivity index (χ2n) is 4.52. The summed E-state index contributed by atoms with van der Waals surface area (Å²) in [5, 5.41) is 0. The Morgan fingerprint density at radius 3 is 2.80 bits per heavy atom. The highest BCUT2D eigenvalue weighted by Gasteiger charge is 2.12. The van der Waals surface area contributed by atoms with Gasteiger partial charge in [-0.3, -0.25) is 4.98 Å². The zero-order chi connectivity index (χ0) is 14.1. The molecular formula is C15H14N2O3. The fourth-order valence-electron chi connectivity index (χ4n) is 2.18. The van der Waals surface area contributed by atoms with Crippen LogP contribution in [0.4, 0.5) is 0 Å². The maximum atomic E-state index is 11.2. The second kappa shape index (κ2) is 4.86. The van der Waals surface area contributed by atoms with E-state index in [9.17, 15) is 4.79 Å². The number of hydrogen-bond acceptors (Lipinski definition) is 4. The van der Waals surface area contributed by atoms with Crippen LogP contribution in [0.25, 0.3) is 11.1 Å². The summed E-state index contributed by atoms with van der Waals surface area (Å²) >= 11 is 0. The van der Waals surface area contributed by atoms with E-state index in [1.54, 1.807) is 19.2 Å². The van der Waals surface area contributed by atoms with E-state index in [4.69, 9.17) is 14.9 Å². The number of aromatic nitrogens is 1. The quantitative estimate of drug-likeness (QED) is 0.764. The number of nitrogens with one attached hydrogen (secondary N) is 1. The van der Waals surface area contributed by atoms with Crippen molar-refractivity contribution in [2.45, 2.75) is 6.04 Å². The molecule has 0 amide bonds. The summed E-state index contributed by atoms with van der Waals surface area (Å²) in [6, 6.07) is 12.7. The first-order valence-electron chi connectivity index (χ1n) is 6.19. The number of benzene rings is 2. The van der Waals surface area contributed by atoms with E-state index in [1.807, 2.05) is 30.3 Å². The summed E-state index contributed by atoms with van der Waals surface area (Å²) in [6.45, 7) is 0. The Morgan fingerprint density at radius 1 is 1.20 bits per heavy atom. The van der Waals surface area contributed by atoms with Crippen LogP contribution in [0.3, 0.4) is 0 Å². The summed E-state index contributed by atoms with van der Waals surface area (Å²) in [6.07, 6.45) is 0. The number of oxazole rings is 1. The van der Waals surface area contributed by atoms with Crippen LogP contribution in [0.15, 0.2) is 51.7 Å². The fraction of sp³-hybridized carbons (Fsp3) is 0.133. The van der Waals surface area contributed by atoms with E-state index in [2.05, 4.69) is 4.98 Å². The molecule has 1 unspecified atom stereocenters. The third-order valence-corrected chi connectivity index (χ3v) is 3.26. The summed E-state index contributed by atoms with van der Waals surface area (Å²) in [4.78, 5) is 13.8. The summed E-state index contributed by atoms with van der Waals surface area (Å²) in [5.41, 5.74) is 9.22. The van der Waals surface area contributed by atoms with E-state index in [0.717, 1.165) is 16.9 Å². The topological polar surface area (TPSA) is 81.2 Å². The molecule has 2 aromatic carbocycles. The molecule has 0 saturated heterocycles. The predicted molar refractivity (Wildman–Crippen MR) is 75.9 cm³/mol. The molecule has 1 aromatic heterocycles. The van der Waals surface area contributed by atoms with Crippen LogP contribution in [0.2, 0.25) is 0 Å². The van der Waals surface area contributed by atoms with Gasteiger partial charge in [-0.25, -0.2) is 4.79 Å². The Hall–Kier alpha value is -2.53. The lowest BCUT2D eigenvalue weighted by Gasteiger charge is -2.13. The first kappa shape index (κ1) is 12.5. The standard InChI is InChI=1S/C15H14N2O3/c1-19-11-4-2-3-9(7-11)14(16)10-5-6-12-13(8-10)20-15(18)17-12/h2-8,14H,16H2,1H3,(H,17,18). The van der Waals surface area contributed by atoms with E-state index < -0.39 is 5.76 Å². The Labute approximate surface area is 115 Å². The molecule has 102 valence electrons. The zero-order valence-electron chi connectivity index (χ0n) is 10.9. The average molecular weight is 270 g/mol. The van der Waals surface area contributed by atoms with Gasteiger partial charge in [0.25, 0.3) is 0 Å². The number of aromatic amines is 1. The van der Waals surface area contributed by atoms with Gasteiger partial charge in [-0.2, -0.15) is 0 Å². The maximum absolute atomic E-state index is 11.2. The van der Waals surface area contributed by atoms with Gasteiger partial charge in [-0.05, 0) is 35.4 Å². The molecule has 0 spiro atoms. The van der Waals surface area contributed by atoms with E-state index in [-0.39, 0.29) is 6.04 Å². The molecule has 0 aliphatic carbocycles. The van der Waals surface area contributed by atoms with Gasteiger partial charge < -0.3 is 14.9 Å². The predicted octanol–water partition coefficient (Wildman–Crippen LogP) is 2.18. The van der Waals surface area contributed by atoms with Crippen molar-refractivity contribution in [2.75, 3.05) is 7.11 Å². The van der Waals surface area contributed by atoms with Crippen molar-refractivity contribution >= 4 is 11.1 Å². The fourth-order valence-corrected chi connectivity index (χ4v) is 2.18. The number of nitrogens with two attached hydrogens (primary N) is 1. The molecule has 0 saturated carbocycles. The van der Waals surface area contributed by atoms with Gasteiger partial charge in [0, 0.05) is 0 Å². The third-order valence-electron chi connectivity index (χ3n) is 3.26. The number of ether oxygens (including phenoxy) is 1. The molecule has 5 heteroatoms. The third kappa shape index (κ3) is 2.19.